The summed E-state index contributed by atoms with van der Waals surface area (Å²) in [6.45, 7) is 0.982. The van der Waals surface area contributed by atoms with Gasteiger partial charge in [-0.1, -0.05) is 36.8 Å². The van der Waals surface area contributed by atoms with Crippen molar-refractivity contribution in [1.29, 1.82) is 0 Å². The minimum atomic E-state index is -0.695. The lowest BCUT2D eigenvalue weighted by molar-refractivity contribution is -0.138. The van der Waals surface area contributed by atoms with Gasteiger partial charge in [-0.2, -0.15) is 0 Å². The van der Waals surface area contributed by atoms with E-state index in [2.05, 4.69) is 17.4 Å². The lowest BCUT2D eigenvalue weighted by Gasteiger charge is -2.25. The smallest absolute Gasteiger partial charge is 0.303 e. The van der Waals surface area contributed by atoms with Crippen LogP contribution in [0, 0.1) is 5.92 Å². The molecule has 1 aromatic rings. The maximum atomic E-state index is 10.9. The zero-order valence-corrected chi connectivity index (χ0v) is 9.93. The third kappa shape index (κ3) is 3.30. The normalized spacial score (nSPS) is 25.2. The molecule has 0 bridgehead atoms. The van der Waals surface area contributed by atoms with Crippen molar-refractivity contribution in [3.63, 3.8) is 0 Å². The second-order valence-electron chi connectivity index (χ2n) is 4.70. The average molecular weight is 233 g/mol. The van der Waals surface area contributed by atoms with Crippen molar-refractivity contribution in [3.05, 3.63) is 35.9 Å². The first-order valence-corrected chi connectivity index (χ1v) is 6.27. The molecule has 17 heavy (non-hydrogen) atoms. The first-order valence-electron chi connectivity index (χ1n) is 6.27. The Morgan fingerprint density at radius 2 is 2.06 bits per heavy atom. The van der Waals surface area contributed by atoms with Crippen LogP contribution in [0.2, 0.25) is 0 Å². The van der Waals surface area contributed by atoms with Gasteiger partial charge < -0.3 is 10.4 Å². The van der Waals surface area contributed by atoms with E-state index >= 15 is 0 Å². The van der Waals surface area contributed by atoms with Crippen molar-refractivity contribution in [3.8, 4) is 0 Å². The number of carbonyl (C=O) groups is 1. The molecule has 0 aromatic heterocycles. The molecule has 0 radical (unpaired) electrons. The van der Waals surface area contributed by atoms with E-state index in [4.69, 9.17) is 5.11 Å². The molecule has 2 N–H and O–H groups in total. The van der Waals surface area contributed by atoms with E-state index in [1.54, 1.807) is 0 Å². The Morgan fingerprint density at radius 1 is 1.29 bits per heavy atom. The number of benzene rings is 1. The Bertz CT molecular complexity index is 364. The van der Waals surface area contributed by atoms with Crippen LogP contribution in [-0.4, -0.2) is 17.6 Å². The van der Waals surface area contributed by atoms with Gasteiger partial charge in [-0.05, 0) is 30.9 Å². The molecule has 1 aliphatic rings. The molecule has 3 nitrogen and oxygen atoms in total. The summed E-state index contributed by atoms with van der Waals surface area (Å²) < 4.78 is 0. The number of aliphatic carboxylic acids is 1. The predicted molar refractivity (Wildman–Crippen MR) is 66.8 cm³/mol. The summed E-state index contributed by atoms with van der Waals surface area (Å²) in [5.41, 5.74) is 1.21. The molecule has 1 heterocycles. The first-order chi connectivity index (χ1) is 8.27. The quantitative estimate of drug-likeness (QED) is 0.843. The minimum Gasteiger partial charge on any atom is -0.481 e. The molecule has 2 atom stereocenters. The monoisotopic (exact) mass is 233 g/mol. The first kappa shape index (κ1) is 12.1. The van der Waals surface area contributed by atoms with Crippen LogP contribution in [0.25, 0.3) is 0 Å². The molecule has 0 amide bonds. The average Bonchev–Trinajstić information content (AvgIpc) is 2.55. The molecule has 1 fully saturated rings. The van der Waals surface area contributed by atoms with E-state index in [1.807, 2.05) is 18.2 Å². The lowest BCUT2D eigenvalue weighted by atomic mass is 9.87. The van der Waals surface area contributed by atoms with Crippen molar-refractivity contribution in [2.45, 2.75) is 31.7 Å². The summed E-state index contributed by atoms with van der Waals surface area (Å²) in [6.07, 6.45) is 3.51. The van der Waals surface area contributed by atoms with Gasteiger partial charge in [0, 0.05) is 12.5 Å². The lowest BCUT2D eigenvalue weighted by Crippen LogP contribution is -2.28. The van der Waals surface area contributed by atoms with Crippen molar-refractivity contribution >= 4 is 5.97 Å². The molecular formula is C14H19NO2. The van der Waals surface area contributed by atoms with Crippen LogP contribution >= 0.6 is 0 Å². The highest BCUT2D eigenvalue weighted by Gasteiger charge is 2.26. The summed E-state index contributed by atoms with van der Waals surface area (Å²) in [5, 5.41) is 12.5. The minimum absolute atomic E-state index is 0.190. The van der Waals surface area contributed by atoms with Crippen LogP contribution in [0.3, 0.4) is 0 Å². The highest BCUT2D eigenvalue weighted by molar-refractivity contribution is 5.67. The number of hydrogen-bond acceptors (Lipinski definition) is 2. The molecule has 92 valence electrons. The van der Waals surface area contributed by atoms with Crippen LogP contribution in [-0.2, 0) is 4.79 Å². The van der Waals surface area contributed by atoms with Gasteiger partial charge in [0.25, 0.3) is 0 Å². The summed E-state index contributed by atoms with van der Waals surface area (Å²) in [6, 6.07) is 10.4. The molecule has 1 saturated heterocycles. The SMILES string of the molecule is O=C(O)C[C@H]1CCCCN[C@@H]1c1ccccc1. The van der Waals surface area contributed by atoms with Gasteiger partial charge in [0.2, 0.25) is 0 Å². The Kier molecular flexibility index (Phi) is 4.15. The Morgan fingerprint density at radius 3 is 2.76 bits per heavy atom. The molecule has 0 saturated carbocycles. The largest absolute Gasteiger partial charge is 0.481 e. The number of carboxylic acids is 1. The molecule has 3 heteroatoms. The molecule has 0 unspecified atom stereocenters. The van der Waals surface area contributed by atoms with Crippen LogP contribution < -0.4 is 5.32 Å². The maximum Gasteiger partial charge on any atom is 0.303 e. The highest BCUT2D eigenvalue weighted by atomic mass is 16.4. The van der Waals surface area contributed by atoms with Crippen molar-refractivity contribution in [2.24, 2.45) is 5.92 Å². The zero-order valence-electron chi connectivity index (χ0n) is 9.93. The Hall–Kier alpha value is -1.35. The zero-order chi connectivity index (χ0) is 12.1. The molecule has 1 aliphatic heterocycles. The fraction of sp³-hybridized carbons (Fsp3) is 0.500. The van der Waals surface area contributed by atoms with E-state index in [9.17, 15) is 4.79 Å². The van der Waals surface area contributed by atoms with E-state index in [1.165, 1.54) is 5.56 Å². The van der Waals surface area contributed by atoms with E-state index in [0.717, 1.165) is 25.8 Å². The van der Waals surface area contributed by atoms with Crippen molar-refractivity contribution in [2.75, 3.05) is 6.54 Å². The van der Waals surface area contributed by atoms with Crippen LogP contribution in [0.15, 0.2) is 30.3 Å². The summed E-state index contributed by atoms with van der Waals surface area (Å²) in [7, 11) is 0. The molecule has 0 spiro atoms. The van der Waals surface area contributed by atoms with Gasteiger partial charge in [0.15, 0.2) is 0 Å². The van der Waals surface area contributed by atoms with Gasteiger partial charge in [-0.15, -0.1) is 0 Å². The van der Waals surface area contributed by atoms with E-state index < -0.39 is 5.97 Å². The number of rotatable bonds is 3. The van der Waals surface area contributed by atoms with Gasteiger partial charge in [-0.25, -0.2) is 0 Å². The second-order valence-corrected chi connectivity index (χ2v) is 4.70. The van der Waals surface area contributed by atoms with Crippen molar-refractivity contribution < 1.29 is 9.90 Å². The number of nitrogens with one attached hydrogen (secondary N) is 1. The molecular weight excluding hydrogens is 214 g/mol. The van der Waals surface area contributed by atoms with E-state index in [0.29, 0.717) is 0 Å². The molecule has 1 aromatic carbocycles. The Balaban J connectivity index is 2.17. The standard InChI is InChI=1S/C14H19NO2/c16-13(17)10-12-8-4-5-9-15-14(12)11-6-2-1-3-7-11/h1-3,6-7,12,14-15H,4-5,8-10H2,(H,16,17)/t12-,14-/m1/s1. The third-order valence-electron chi connectivity index (χ3n) is 3.43. The van der Waals surface area contributed by atoms with Gasteiger partial charge in [-0.3, -0.25) is 4.79 Å². The summed E-state index contributed by atoms with van der Waals surface area (Å²) in [4.78, 5) is 10.9. The molecule has 2 rings (SSSR count). The van der Waals surface area contributed by atoms with Crippen LogP contribution in [0.5, 0.6) is 0 Å². The van der Waals surface area contributed by atoms with Gasteiger partial charge in [0.05, 0.1) is 0 Å². The fourth-order valence-electron chi connectivity index (χ4n) is 2.62. The number of hydrogen-bond donors (Lipinski definition) is 2. The van der Waals surface area contributed by atoms with Gasteiger partial charge >= 0.3 is 5.97 Å². The van der Waals surface area contributed by atoms with Crippen molar-refractivity contribution in [1.82, 2.24) is 5.32 Å². The maximum absolute atomic E-state index is 10.9. The van der Waals surface area contributed by atoms with Crippen LogP contribution in [0.1, 0.15) is 37.3 Å². The van der Waals surface area contributed by atoms with E-state index in [-0.39, 0.29) is 18.4 Å². The summed E-state index contributed by atoms with van der Waals surface area (Å²) >= 11 is 0. The molecule has 0 aliphatic carbocycles. The second kappa shape index (κ2) is 5.82. The Labute approximate surface area is 102 Å². The number of carboxylic acid groups (broad SMARTS) is 1. The topological polar surface area (TPSA) is 49.3 Å². The van der Waals surface area contributed by atoms with Gasteiger partial charge in [0.1, 0.15) is 0 Å². The summed E-state index contributed by atoms with van der Waals surface area (Å²) in [5.74, 6) is -0.489. The van der Waals surface area contributed by atoms with Crippen LogP contribution in [0.4, 0.5) is 0 Å². The predicted octanol–water partition coefficient (Wildman–Crippen LogP) is 2.59. The fourth-order valence-corrected chi connectivity index (χ4v) is 2.62. The third-order valence-corrected chi connectivity index (χ3v) is 3.43. The highest BCUT2D eigenvalue weighted by Crippen LogP contribution is 2.31.